The van der Waals surface area contributed by atoms with Gasteiger partial charge in [-0.2, -0.15) is 0 Å². The highest BCUT2D eigenvalue weighted by molar-refractivity contribution is 5.99. The molecule has 0 amide bonds. The summed E-state index contributed by atoms with van der Waals surface area (Å²) in [4.78, 5) is 24.6. The lowest BCUT2D eigenvalue weighted by atomic mass is 10.0. The van der Waals surface area contributed by atoms with Crippen LogP contribution in [0.1, 0.15) is 33.5 Å². The summed E-state index contributed by atoms with van der Waals surface area (Å²) >= 11 is 0. The molecule has 1 N–H and O–H groups in total. The van der Waals surface area contributed by atoms with Crippen molar-refractivity contribution in [3.63, 3.8) is 0 Å². The van der Waals surface area contributed by atoms with Gasteiger partial charge in [0.05, 0.1) is 7.11 Å². The zero-order valence-corrected chi connectivity index (χ0v) is 16.7. The standard InChI is InChI=1S/C25H22O5/c1-29-24-10-6-16(12-22(24)26)7-11-25(28)30-15-23(27)19-9-8-18-13-17-4-2-3-5-20(17)21(18)14-19/h2-6,8-10,12,14,26H,7,11,13,15H2,1H3. The van der Waals surface area contributed by atoms with E-state index >= 15 is 0 Å². The van der Waals surface area contributed by atoms with Crippen molar-refractivity contribution in [3.8, 4) is 22.6 Å². The van der Waals surface area contributed by atoms with E-state index < -0.39 is 5.97 Å². The van der Waals surface area contributed by atoms with Crippen LogP contribution in [-0.4, -0.2) is 30.6 Å². The molecule has 4 rings (SSSR count). The summed E-state index contributed by atoms with van der Waals surface area (Å²) in [5, 5.41) is 9.80. The number of Topliss-reactive ketones (excluding diaryl/α,β-unsaturated/α-hetero) is 1. The Labute approximate surface area is 174 Å². The summed E-state index contributed by atoms with van der Waals surface area (Å²) in [7, 11) is 1.48. The number of aryl methyl sites for hydroxylation is 1. The second-order valence-electron chi connectivity index (χ2n) is 7.30. The SMILES string of the molecule is COc1ccc(CCC(=O)OCC(=O)c2ccc3c(c2)-c2ccccc2C3)cc1O. The van der Waals surface area contributed by atoms with E-state index in [2.05, 4.69) is 12.1 Å². The van der Waals surface area contributed by atoms with Gasteiger partial charge in [-0.3, -0.25) is 9.59 Å². The van der Waals surface area contributed by atoms with Crippen molar-refractivity contribution < 1.29 is 24.2 Å². The quantitative estimate of drug-likeness (QED) is 0.368. The number of fused-ring (bicyclic) bond motifs is 3. The first-order valence-corrected chi connectivity index (χ1v) is 9.81. The summed E-state index contributed by atoms with van der Waals surface area (Å²) in [6, 6.07) is 18.8. The van der Waals surface area contributed by atoms with E-state index in [0.29, 0.717) is 17.7 Å². The molecule has 0 unspecified atom stereocenters. The molecule has 1 aliphatic carbocycles. The van der Waals surface area contributed by atoms with E-state index in [0.717, 1.165) is 23.1 Å². The second kappa shape index (κ2) is 8.41. The fraction of sp³-hybridized carbons (Fsp3) is 0.200. The summed E-state index contributed by atoms with van der Waals surface area (Å²) in [5.41, 5.74) is 6.01. The van der Waals surface area contributed by atoms with E-state index in [1.165, 1.54) is 18.2 Å². The van der Waals surface area contributed by atoms with Gasteiger partial charge in [0.1, 0.15) is 0 Å². The Morgan fingerprint density at radius 2 is 1.77 bits per heavy atom. The number of carbonyl (C=O) groups excluding carboxylic acids is 2. The van der Waals surface area contributed by atoms with Gasteiger partial charge in [0.2, 0.25) is 0 Å². The monoisotopic (exact) mass is 402 g/mol. The number of benzene rings is 3. The van der Waals surface area contributed by atoms with Crippen LogP contribution in [0.4, 0.5) is 0 Å². The topological polar surface area (TPSA) is 72.8 Å². The molecule has 0 spiro atoms. The van der Waals surface area contributed by atoms with Crippen molar-refractivity contribution in [2.45, 2.75) is 19.3 Å². The van der Waals surface area contributed by atoms with Gasteiger partial charge in [-0.25, -0.2) is 0 Å². The maximum atomic E-state index is 12.5. The Bertz CT molecular complexity index is 1120. The van der Waals surface area contributed by atoms with Crippen molar-refractivity contribution >= 4 is 11.8 Å². The maximum absolute atomic E-state index is 12.5. The molecule has 0 saturated carbocycles. The van der Waals surface area contributed by atoms with Crippen molar-refractivity contribution in [2.75, 3.05) is 13.7 Å². The predicted molar refractivity (Wildman–Crippen MR) is 113 cm³/mol. The smallest absolute Gasteiger partial charge is 0.306 e. The first-order chi connectivity index (χ1) is 14.5. The van der Waals surface area contributed by atoms with E-state index in [1.54, 1.807) is 24.3 Å². The van der Waals surface area contributed by atoms with Crippen LogP contribution in [0.5, 0.6) is 11.5 Å². The number of rotatable bonds is 7. The van der Waals surface area contributed by atoms with E-state index in [1.807, 2.05) is 24.3 Å². The average Bonchev–Trinajstić information content (AvgIpc) is 3.14. The molecule has 0 aliphatic heterocycles. The van der Waals surface area contributed by atoms with Crippen LogP contribution in [0.3, 0.4) is 0 Å². The maximum Gasteiger partial charge on any atom is 0.306 e. The number of phenolic OH excluding ortho intramolecular Hbond substituents is 1. The summed E-state index contributed by atoms with van der Waals surface area (Å²) < 4.78 is 10.2. The third-order valence-corrected chi connectivity index (χ3v) is 5.35. The van der Waals surface area contributed by atoms with Crippen LogP contribution in [0.2, 0.25) is 0 Å². The van der Waals surface area contributed by atoms with Crippen LogP contribution >= 0.6 is 0 Å². The first-order valence-electron chi connectivity index (χ1n) is 9.81. The third kappa shape index (κ3) is 4.06. The van der Waals surface area contributed by atoms with E-state index in [4.69, 9.17) is 9.47 Å². The summed E-state index contributed by atoms with van der Waals surface area (Å²) in [6.07, 6.45) is 1.40. The van der Waals surface area contributed by atoms with Crippen LogP contribution in [0.25, 0.3) is 11.1 Å². The molecule has 5 heteroatoms. The fourth-order valence-electron chi connectivity index (χ4n) is 3.74. The van der Waals surface area contributed by atoms with Gasteiger partial charge < -0.3 is 14.6 Å². The van der Waals surface area contributed by atoms with Gasteiger partial charge >= 0.3 is 5.97 Å². The van der Waals surface area contributed by atoms with Crippen LogP contribution in [0, 0.1) is 0 Å². The number of aromatic hydroxyl groups is 1. The molecule has 0 bridgehead atoms. The molecule has 0 atom stereocenters. The van der Waals surface area contributed by atoms with Gasteiger partial charge in [0.25, 0.3) is 0 Å². The lowest BCUT2D eigenvalue weighted by molar-refractivity contribution is -0.142. The van der Waals surface area contributed by atoms with Crippen molar-refractivity contribution in [1.29, 1.82) is 0 Å². The Morgan fingerprint density at radius 3 is 2.57 bits per heavy atom. The van der Waals surface area contributed by atoms with E-state index in [9.17, 15) is 14.7 Å². The molecule has 1 aliphatic rings. The zero-order valence-electron chi connectivity index (χ0n) is 16.7. The minimum absolute atomic E-state index is 0.0247. The highest BCUT2D eigenvalue weighted by Crippen LogP contribution is 2.36. The van der Waals surface area contributed by atoms with Crippen molar-refractivity contribution in [3.05, 3.63) is 82.9 Å². The molecular weight excluding hydrogens is 380 g/mol. The van der Waals surface area contributed by atoms with Gasteiger partial charge in [-0.15, -0.1) is 0 Å². The Morgan fingerprint density at radius 1 is 0.967 bits per heavy atom. The zero-order chi connectivity index (χ0) is 21.1. The predicted octanol–water partition coefficient (Wildman–Crippen LogP) is 4.33. The summed E-state index contributed by atoms with van der Waals surface area (Å²) in [6.45, 7) is -0.285. The molecule has 3 aromatic rings. The molecule has 0 radical (unpaired) electrons. The lowest BCUT2D eigenvalue weighted by Crippen LogP contribution is -2.14. The number of hydrogen-bond donors (Lipinski definition) is 1. The molecule has 0 fully saturated rings. The van der Waals surface area contributed by atoms with Gasteiger partial charge in [-0.05, 0) is 58.9 Å². The second-order valence-corrected chi connectivity index (χ2v) is 7.30. The highest BCUT2D eigenvalue weighted by atomic mass is 16.5. The van der Waals surface area contributed by atoms with Crippen LogP contribution in [-0.2, 0) is 22.4 Å². The normalized spacial score (nSPS) is 11.5. The first kappa shape index (κ1) is 19.7. The average molecular weight is 402 g/mol. The molecule has 152 valence electrons. The van der Waals surface area contributed by atoms with Gasteiger partial charge in [0.15, 0.2) is 23.9 Å². The molecule has 0 saturated heterocycles. The molecular formula is C25H22O5. The number of carbonyl (C=O) groups is 2. The van der Waals surface area contributed by atoms with Crippen molar-refractivity contribution in [1.82, 2.24) is 0 Å². The Kier molecular flexibility index (Phi) is 5.53. The van der Waals surface area contributed by atoms with Gasteiger partial charge in [0, 0.05) is 12.0 Å². The van der Waals surface area contributed by atoms with Crippen LogP contribution < -0.4 is 4.74 Å². The van der Waals surface area contributed by atoms with Crippen LogP contribution in [0.15, 0.2) is 60.7 Å². The molecule has 0 heterocycles. The summed E-state index contributed by atoms with van der Waals surface area (Å²) in [5.74, 6) is -0.275. The number of methoxy groups -OCH3 is 1. The third-order valence-electron chi connectivity index (χ3n) is 5.35. The fourth-order valence-corrected chi connectivity index (χ4v) is 3.74. The Hall–Kier alpha value is -3.60. The van der Waals surface area contributed by atoms with Gasteiger partial charge in [-0.1, -0.05) is 42.5 Å². The lowest BCUT2D eigenvalue weighted by Gasteiger charge is -2.08. The number of esters is 1. The molecule has 5 nitrogen and oxygen atoms in total. The number of ether oxygens (including phenoxy) is 2. The molecule has 3 aromatic carbocycles. The highest BCUT2D eigenvalue weighted by Gasteiger charge is 2.20. The van der Waals surface area contributed by atoms with Crippen molar-refractivity contribution in [2.24, 2.45) is 0 Å². The largest absolute Gasteiger partial charge is 0.504 e. The number of hydrogen-bond acceptors (Lipinski definition) is 5. The minimum atomic E-state index is -0.454. The molecule has 0 aromatic heterocycles. The number of ketones is 1. The minimum Gasteiger partial charge on any atom is -0.504 e. The molecule has 30 heavy (non-hydrogen) atoms. The van der Waals surface area contributed by atoms with E-state index in [-0.39, 0.29) is 24.6 Å². The number of phenols is 1. The Balaban J connectivity index is 1.33.